The van der Waals surface area contributed by atoms with Gasteiger partial charge in [0.15, 0.2) is 5.58 Å². The zero-order valence-electron chi connectivity index (χ0n) is 26.4. The first kappa shape index (κ1) is 27.1. The van der Waals surface area contributed by atoms with Crippen LogP contribution in [0.25, 0.3) is 98.9 Å². The van der Waals surface area contributed by atoms with E-state index in [-0.39, 0.29) is 10.9 Å². The van der Waals surface area contributed by atoms with Crippen LogP contribution in [0.5, 0.6) is 0 Å². The topological polar surface area (TPSA) is 70.3 Å². The van der Waals surface area contributed by atoms with Crippen molar-refractivity contribution in [3.63, 3.8) is 0 Å². The van der Waals surface area contributed by atoms with Crippen molar-refractivity contribution in [2.24, 2.45) is 0 Å². The summed E-state index contributed by atoms with van der Waals surface area (Å²) in [5.41, 5.74) is 7.32. The van der Waals surface area contributed by atoms with Gasteiger partial charge in [-0.15, -0.1) is 0 Å². The maximum absolute atomic E-state index is 14.3. The fourth-order valence-electron chi connectivity index (χ4n) is 7.95. The molecule has 11 rings (SSSR count). The van der Waals surface area contributed by atoms with Crippen molar-refractivity contribution in [1.29, 1.82) is 0 Å². The van der Waals surface area contributed by atoms with Gasteiger partial charge in [0.05, 0.1) is 49.3 Å². The molecule has 0 N–H and O–H groups in total. The van der Waals surface area contributed by atoms with Crippen LogP contribution in [0.2, 0.25) is 0 Å². The lowest BCUT2D eigenvalue weighted by Gasteiger charge is -2.12. The van der Waals surface area contributed by atoms with E-state index in [0.717, 1.165) is 55.0 Å². The van der Waals surface area contributed by atoms with Gasteiger partial charge in [-0.1, -0.05) is 78.9 Å². The summed E-state index contributed by atoms with van der Waals surface area (Å²) in [6.07, 6.45) is 0. The van der Waals surface area contributed by atoms with Gasteiger partial charge in [0, 0.05) is 33.3 Å². The molecule has 0 fully saturated rings. The maximum atomic E-state index is 14.3. The number of para-hydroxylation sites is 5. The molecule has 0 saturated heterocycles. The number of benzene rings is 7. The molecule has 234 valence electrons. The standard InChI is InChI=1S/C44H24N2O4/c47-42-29-15-6-9-20-37(29)49-38-24-39-32(23-31(38)42)43(48)30-16-10-19-36(44(30)50-39)46-33-17-7-4-13-26(33)27-21-22-35-40(41(27)46)28-14-5-8-18-34(28)45(35)25-11-2-1-3-12-25/h1-24H. The Morgan fingerprint density at radius 1 is 0.400 bits per heavy atom. The highest BCUT2D eigenvalue weighted by molar-refractivity contribution is 6.26. The van der Waals surface area contributed by atoms with Gasteiger partial charge in [-0.25, -0.2) is 0 Å². The van der Waals surface area contributed by atoms with Gasteiger partial charge in [0.1, 0.15) is 16.7 Å². The monoisotopic (exact) mass is 644 g/mol. The summed E-state index contributed by atoms with van der Waals surface area (Å²) >= 11 is 0. The van der Waals surface area contributed by atoms with Crippen LogP contribution in [-0.2, 0) is 0 Å². The highest BCUT2D eigenvalue weighted by atomic mass is 16.3. The van der Waals surface area contributed by atoms with Gasteiger partial charge in [-0.3, -0.25) is 9.59 Å². The summed E-state index contributed by atoms with van der Waals surface area (Å²) in [5, 5.41) is 6.02. The lowest BCUT2D eigenvalue weighted by Crippen LogP contribution is -2.07. The van der Waals surface area contributed by atoms with E-state index in [2.05, 4.69) is 88.0 Å². The summed E-state index contributed by atoms with van der Waals surface area (Å²) in [7, 11) is 0. The summed E-state index contributed by atoms with van der Waals surface area (Å²) in [6, 6.07) is 47.8. The van der Waals surface area contributed by atoms with Crippen molar-refractivity contribution < 1.29 is 8.83 Å². The summed E-state index contributed by atoms with van der Waals surface area (Å²) in [5.74, 6) is 0. The summed E-state index contributed by atoms with van der Waals surface area (Å²) in [4.78, 5) is 27.8. The molecular weight excluding hydrogens is 620 g/mol. The van der Waals surface area contributed by atoms with Crippen LogP contribution in [-0.4, -0.2) is 9.13 Å². The minimum absolute atomic E-state index is 0.180. The molecular formula is C44H24N2O4. The van der Waals surface area contributed by atoms with Gasteiger partial charge in [0.2, 0.25) is 10.9 Å². The van der Waals surface area contributed by atoms with E-state index in [1.54, 1.807) is 36.4 Å². The van der Waals surface area contributed by atoms with E-state index in [0.29, 0.717) is 43.9 Å². The number of hydrogen-bond acceptors (Lipinski definition) is 4. The third-order valence-corrected chi connectivity index (χ3v) is 10.1. The van der Waals surface area contributed by atoms with Crippen molar-refractivity contribution in [3.8, 4) is 11.4 Å². The van der Waals surface area contributed by atoms with Gasteiger partial charge in [-0.05, 0) is 60.7 Å². The smallest absolute Gasteiger partial charge is 0.200 e. The van der Waals surface area contributed by atoms with Crippen molar-refractivity contribution in [2.45, 2.75) is 0 Å². The first-order valence-corrected chi connectivity index (χ1v) is 16.5. The molecule has 4 aromatic heterocycles. The molecule has 0 spiro atoms. The predicted molar refractivity (Wildman–Crippen MR) is 202 cm³/mol. The third kappa shape index (κ3) is 3.51. The van der Waals surface area contributed by atoms with Crippen molar-refractivity contribution >= 4 is 87.5 Å². The molecule has 11 aromatic rings. The molecule has 0 unspecified atom stereocenters. The van der Waals surface area contributed by atoms with Crippen LogP contribution in [0.4, 0.5) is 0 Å². The Kier molecular flexibility index (Phi) is 5.31. The molecule has 0 atom stereocenters. The zero-order valence-corrected chi connectivity index (χ0v) is 26.4. The largest absolute Gasteiger partial charge is 0.456 e. The second-order valence-corrected chi connectivity index (χ2v) is 12.8. The molecule has 0 amide bonds. The Balaban J connectivity index is 1.30. The third-order valence-electron chi connectivity index (χ3n) is 10.1. The SMILES string of the molecule is O=c1c2ccccc2oc2cc3oc4c(-n5c6ccccc6c6ccc7c(c8ccccc8n7-c7ccccc7)c65)cccc4c(=O)c3cc12. The first-order valence-electron chi connectivity index (χ1n) is 16.5. The maximum Gasteiger partial charge on any atom is 0.200 e. The van der Waals surface area contributed by atoms with Crippen molar-refractivity contribution in [1.82, 2.24) is 9.13 Å². The Hall–Kier alpha value is -6.92. The predicted octanol–water partition coefficient (Wildman–Crippen LogP) is 10.4. The highest BCUT2D eigenvalue weighted by Crippen LogP contribution is 2.43. The zero-order chi connectivity index (χ0) is 33.1. The van der Waals surface area contributed by atoms with E-state index < -0.39 is 0 Å². The number of rotatable bonds is 2. The quantitative estimate of drug-likeness (QED) is 0.176. The van der Waals surface area contributed by atoms with Gasteiger partial charge in [-0.2, -0.15) is 0 Å². The van der Waals surface area contributed by atoms with Crippen LogP contribution in [0.15, 0.2) is 164 Å². The van der Waals surface area contributed by atoms with E-state index >= 15 is 0 Å². The fourth-order valence-corrected chi connectivity index (χ4v) is 7.95. The summed E-state index contributed by atoms with van der Waals surface area (Å²) in [6.45, 7) is 0. The summed E-state index contributed by atoms with van der Waals surface area (Å²) < 4.78 is 17.4. The number of hydrogen-bond donors (Lipinski definition) is 0. The average molecular weight is 645 g/mol. The molecule has 0 aliphatic carbocycles. The molecule has 0 bridgehead atoms. The Morgan fingerprint density at radius 2 is 1.04 bits per heavy atom. The van der Waals surface area contributed by atoms with Gasteiger partial charge < -0.3 is 18.0 Å². The Labute approximate surface area is 282 Å². The van der Waals surface area contributed by atoms with E-state index in [1.165, 1.54) is 0 Å². The normalized spacial score (nSPS) is 12.2. The van der Waals surface area contributed by atoms with E-state index in [4.69, 9.17) is 8.83 Å². The Morgan fingerprint density at radius 3 is 1.86 bits per heavy atom. The first-order chi connectivity index (χ1) is 24.7. The van der Waals surface area contributed by atoms with Crippen molar-refractivity contribution in [3.05, 3.63) is 166 Å². The molecule has 0 radical (unpaired) electrons. The molecule has 6 heteroatoms. The van der Waals surface area contributed by atoms with Crippen LogP contribution in [0.3, 0.4) is 0 Å². The average Bonchev–Trinajstić information content (AvgIpc) is 3.68. The van der Waals surface area contributed by atoms with Crippen LogP contribution < -0.4 is 10.9 Å². The minimum Gasteiger partial charge on any atom is -0.456 e. The second kappa shape index (κ2) is 9.81. The van der Waals surface area contributed by atoms with Crippen LogP contribution >= 0.6 is 0 Å². The van der Waals surface area contributed by atoms with Gasteiger partial charge >= 0.3 is 0 Å². The lowest BCUT2D eigenvalue weighted by molar-refractivity contribution is 0.645. The molecule has 50 heavy (non-hydrogen) atoms. The van der Waals surface area contributed by atoms with Crippen molar-refractivity contribution in [2.75, 3.05) is 0 Å². The molecule has 0 aliphatic heterocycles. The van der Waals surface area contributed by atoms with Crippen LogP contribution in [0.1, 0.15) is 0 Å². The molecule has 4 heterocycles. The number of nitrogens with zero attached hydrogens (tertiary/aromatic N) is 2. The van der Waals surface area contributed by atoms with Gasteiger partial charge in [0.25, 0.3) is 0 Å². The van der Waals surface area contributed by atoms with Crippen LogP contribution in [0, 0.1) is 0 Å². The number of aromatic nitrogens is 2. The van der Waals surface area contributed by atoms with E-state index in [9.17, 15) is 9.59 Å². The molecule has 0 saturated carbocycles. The molecule has 7 aromatic carbocycles. The lowest BCUT2D eigenvalue weighted by atomic mass is 10.1. The second-order valence-electron chi connectivity index (χ2n) is 12.8. The number of fused-ring (bicyclic) bond motifs is 11. The molecule has 6 nitrogen and oxygen atoms in total. The molecule has 0 aliphatic rings. The van der Waals surface area contributed by atoms with E-state index in [1.807, 2.05) is 30.3 Å². The fraction of sp³-hybridized carbons (Fsp3) is 0. The minimum atomic E-state index is -0.204. The highest BCUT2D eigenvalue weighted by Gasteiger charge is 2.23. The Bertz CT molecular complexity index is 3360.